The third kappa shape index (κ3) is 4.36. The standard InChI is InChI=1S/C28H25NO4/c1-18-28(27(30)8-10-32-18)21-4-2-3-19(11-21)16-33-24-5-6-25-23(14-24)12-20(15-29)13-26(25)22-7-9-31-17-22/h2-7,9,11-14,17-18,27-28,30H,8,10,16H2,1H3/t18?,27-,28?/m0/s1. The first-order valence-corrected chi connectivity index (χ1v) is 11.1. The first-order chi connectivity index (χ1) is 16.1. The molecule has 33 heavy (non-hydrogen) atoms. The molecule has 0 spiro atoms. The SMILES string of the molecule is CC1OCC[C@H](O)C1c1cccc(COc2ccc3c(-c4ccoc4)cc(C#N)cc3c2)c1. The van der Waals surface area contributed by atoms with Crippen LogP contribution in [-0.4, -0.2) is 23.9 Å². The molecule has 1 aliphatic rings. The maximum atomic E-state index is 10.5. The summed E-state index contributed by atoms with van der Waals surface area (Å²) in [6.07, 6.45) is 3.54. The molecule has 5 nitrogen and oxygen atoms in total. The van der Waals surface area contributed by atoms with E-state index in [9.17, 15) is 10.4 Å². The van der Waals surface area contributed by atoms with Gasteiger partial charge >= 0.3 is 0 Å². The Bertz CT molecular complexity index is 1300. The van der Waals surface area contributed by atoms with Gasteiger partial charge in [-0.05, 0) is 71.1 Å². The fourth-order valence-corrected chi connectivity index (χ4v) is 4.68. The van der Waals surface area contributed by atoms with Crippen LogP contribution < -0.4 is 4.74 Å². The molecule has 1 N–H and O–H groups in total. The molecule has 0 bridgehead atoms. The van der Waals surface area contributed by atoms with Crippen molar-refractivity contribution in [2.24, 2.45) is 0 Å². The molecule has 5 rings (SSSR count). The summed E-state index contributed by atoms with van der Waals surface area (Å²) in [6, 6.07) is 22.0. The van der Waals surface area contributed by atoms with Gasteiger partial charge in [-0.3, -0.25) is 0 Å². The molecular weight excluding hydrogens is 414 g/mol. The van der Waals surface area contributed by atoms with Gasteiger partial charge in [0.05, 0.1) is 36.4 Å². The van der Waals surface area contributed by atoms with Gasteiger partial charge in [-0.15, -0.1) is 0 Å². The number of ether oxygens (including phenoxy) is 2. The molecule has 0 aliphatic carbocycles. The minimum atomic E-state index is -0.399. The number of hydrogen-bond donors (Lipinski definition) is 1. The number of aliphatic hydroxyl groups excluding tert-OH is 1. The van der Waals surface area contributed by atoms with Gasteiger partial charge in [0.1, 0.15) is 12.4 Å². The lowest BCUT2D eigenvalue weighted by molar-refractivity contribution is -0.0539. The first-order valence-electron chi connectivity index (χ1n) is 11.1. The lowest BCUT2D eigenvalue weighted by Crippen LogP contribution is -2.36. The van der Waals surface area contributed by atoms with E-state index in [1.54, 1.807) is 12.5 Å². The van der Waals surface area contributed by atoms with Crippen LogP contribution in [0.2, 0.25) is 0 Å². The highest BCUT2D eigenvalue weighted by Crippen LogP contribution is 2.34. The van der Waals surface area contributed by atoms with Crippen LogP contribution in [0.25, 0.3) is 21.9 Å². The summed E-state index contributed by atoms with van der Waals surface area (Å²) in [6.45, 7) is 3.02. The molecule has 3 aromatic carbocycles. The number of hydrogen-bond acceptors (Lipinski definition) is 5. The molecule has 2 unspecified atom stereocenters. The average Bonchev–Trinajstić information content (AvgIpc) is 3.37. The van der Waals surface area contributed by atoms with Crippen LogP contribution in [0, 0.1) is 11.3 Å². The van der Waals surface area contributed by atoms with Gasteiger partial charge in [-0.1, -0.05) is 30.3 Å². The van der Waals surface area contributed by atoms with Gasteiger partial charge < -0.3 is 19.0 Å². The van der Waals surface area contributed by atoms with Gasteiger partial charge in [0.2, 0.25) is 0 Å². The summed E-state index contributed by atoms with van der Waals surface area (Å²) in [5.41, 5.74) is 4.58. The van der Waals surface area contributed by atoms with Crippen molar-refractivity contribution in [2.75, 3.05) is 6.61 Å². The van der Waals surface area contributed by atoms with Crippen molar-refractivity contribution in [2.45, 2.75) is 38.1 Å². The molecule has 0 amide bonds. The van der Waals surface area contributed by atoms with E-state index in [1.807, 2.05) is 61.5 Å². The van der Waals surface area contributed by atoms with Gasteiger partial charge in [-0.25, -0.2) is 0 Å². The Labute approximate surface area is 192 Å². The highest BCUT2D eigenvalue weighted by atomic mass is 16.5. The lowest BCUT2D eigenvalue weighted by Gasteiger charge is -2.34. The predicted octanol–water partition coefficient (Wildman–Crippen LogP) is 5.80. The molecule has 1 saturated heterocycles. The fraction of sp³-hybridized carbons (Fsp3) is 0.250. The number of nitriles is 1. The van der Waals surface area contributed by atoms with Gasteiger partial charge in [0.15, 0.2) is 0 Å². The summed E-state index contributed by atoms with van der Waals surface area (Å²) in [5, 5.41) is 21.9. The number of aliphatic hydroxyl groups is 1. The Balaban J connectivity index is 1.39. The third-order valence-corrected chi connectivity index (χ3v) is 6.34. The summed E-state index contributed by atoms with van der Waals surface area (Å²) in [4.78, 5) is 0. The predicted molar refractivity (Wildman–Crippen MR) is 126 cm³/mol. The molecule has 1 aliphatic heterocycles. The second-order valence-corrected chi connectivity index (χ2v) is 8.52. The third-order valence-electron chi connectivity index (χ3n) is 6.34. The van der Waals surface area contributed by atoms with E-state index in [-0.39, 0.29) is 12.0 Å². The zero-order valence-electron chi connectivity index (χ0n) is 18.4. The van der Waals surface area contributed by atoms with E-state index in [2.05, 4.69) is 12.1 Å². The first kappa shape index (κ1) is 21.3. The minimum absolute atomic E-state index is 0.0239. The molecule has 166 valence electrons. The maximum absolute atomic E-state index is 10.5. The van der Waals surface area contributed by atoms with E-state index in [1.165, 1.54) is 0 Å². The van der Waals surface area contributed by atoms with Crippen LogP contribution in [0.5, 0.6) is 5.75 Å². The highest BCUT2D eigenvalue weighted by Gasteiger charge is 2.31. The number of furan rings is 1. The Hall–Kier alpha value is -3.59. The smallest absolute Gasteiger partial charge is 0.120 e. The van der Waals surface area contributed by atoms with Gasteiger partial charge in [-0.2, -0.15) is 5.26 Å². The second-order valence-electron chi connectivity index (χ2n) is 8.52. The second kappa shape index (κ2) is 9.11. The molecule has 2 heterocycles. The summed E-state index contributed by atoms with van der Waals surface area (Å²) < 4.78 is 17.1. The normalized spacial score (nSPS) is 20.5. The zero-order chi connectivity index (χ0) is 22.8. The van der Waals surface area contributed by atoms with Gasteiger partial charge in [0.25, 0.3) is 0 Å². The Morgan fingerprint density at radius 2 is 2.03 bits per heavy atom. The van der Waals surface area contributed by atoms with Crippen molar-refractivity contribution >= 4 is 10.8 Å². The quantitative estimate of drug-likeness (QED) is 0.425. The van der Waals surface area contributed by atoms with Crippen LogP contribution in [0.3, 0.4) is 0 Å². The van der Waals surface area contributed by atoms with Crippen LogP contribution in [-0.2, 0) is 11.3 Å². The molecule has 0 saturated carbocycles. The number of benzene rings is 3. The van der Waals surface area contributed by atoms with Crippen LogP contribution in [0.15, 0.2) is 77.6 Å². The van der Waals surface area contributed by atoms with E-state index in [0.717, 1.165) is 38.8 Å². The summed E-state index contributed by atoms with van der Waals surface area (Å²) in [7, 11) is 0. The number of fused-ring (bicyclic) bond motifs is 1. The van der Waals surface area contributed by atoms with Crippen LogP contribution in [0.4, 0.5) is 0 Å². The lowest BCUT2D eigenvalue weighted by atomic mass is 9.85. The van der Waals surface area contributed by atoms with Crippen LogP contribution >= 0.6 is 0 Å². The molecular formula is C28H25NO4. The molecule has 3 atom stereocenters. The van der Waals surface area contributed by atoms with E-state index >= 15 is 0 Å². The summed E-state index contributed by atoms with van der Waals surface area (Å²) >= 11 is 0. The molecule has 1 fully saturated rings. The van der Waals surface area contributed by atoms with Crippen molar-refractivity contribution in [3.05, 3.63) is 89.9 Å². The highest BCUT2D eigenvalue weighted by molar-refractivity contribution is 5.98. The topological polar surface area (TPSA) is 75.6 Å². The zero-order valence-corrected chi connectivity index (χ0v) is 18.4. The number of rotatable bonds is 5. The van der Waals surface area contributed by atoms with Crippen molar-refractivity contribution in [1.29, 1.82) is 5.26 Å². The Morgan fingerprint density at radius 3 is 2.82 bits per heavy atom. The van der Waals surface area contributed by atoms with E-state index in [4.69, 9.17) is 13.9 Å². The Morgan fingerprint density at radius 1 is 1.12 bits per heavy atom. The van der Waals surface area contributed by atoms with Crippen molar-refractivity contribution in [3.8, 4) is 22.9 Å². The molecule has 5 heteroatoms. The summed E-state index contributed by atoms with van der Waals surface area (Å²) in [5.74, 6) is 0.695. The molecule has 0 radical (unpaired) electrons. The van der Waals surface area contributed by atoms with Crippen molar-refractivity contribution < 1.29 is 19.0 Å². The average molecular weight is 440 g/mol. The Kier molecular flexibility index (Phi) is 5.87. The van der Waals surface area contributed by atoms with E-state index in [0.29, 0.717) is 25.2 Å². The maximum Gasteiger partial charge on any atom is 0.120 e. The fourth-order valence-electron chi connectivity index (χ4n) is 4.68. The largest absolute Gasteiger partial charge is 0.489 e. The van der Waals surface area contributed by atoms with Crippen LogP contribution in [0.1, 0.15) is 36.0 Å². The van der Waals surface area contributed by atoms with Crippen molar-refractivity contribution in [3.63, 3.8) is 0 Å². The van der Waals surface area contributed by atoms with E-state index < -0.39 is 6.10 Å². The molecule has 4 aromatic rings. The van der Waals surface area contributed by atoms with Gasteiger partial charge in [0, 0.05) is 18.1 Å². The molecule has 1 aromatic heterocycles. The monoisotopic (exact) mass is 439 g/mol. The minimum Gasteiger partial charge on any atom is -0.489 e. The van der Waals surface area contributed by atoms with Crippen molar-refractivity contribution in [1.82, 2.24) is 0 Å². The number of nitrogens with zero attached hydrogens (tertiary/aromatic N) is 1.